The molecule has 20 heavy (non-hydrogen) atoms. The van der Waals surface area contributed by atoms with E-state index in [-0.39, 0.29) is 6.61 Å². The van der Waals surface area contributed by atoms with Crippen molar-refractivity contribution in [3.63, 3.8) is 0 Å². The molecule has 2 N–H and O–H groups in total. The van der Waals surface area contributed by atoms with E-state index in [1.54, 1.807) is 12.1 Å². The Balaban J connectivity index is 1.79. The van der Waals surface area contributed by atoms with Crippen LogP contribution in [0.5, 0.6) is 5.75 Å². The average molecular weight is 278 g/mol. The number of halogens is 1. The predicted octanol–water partition coefficient (Wildman–Crippen LogP) is 1.63. The minimum absolute atomic E-state index is 0.198. The molecule has 106 valence electrons. The second-order valence-electron chi connectivity index (χ2n) is 4.83. The number of fused-ring (bicyclic) bond motifs is 1. The number of aliphatic hydroxyl groups is 2. The Morgan fingerprint density at radius 1 is 1.10 bits per heavy atom. The highest BCUT2D eigenvalue weighted by molar-refractivity contribution is 5.83. The van der Waals surface area contributed by atoms with Gasteiger partial charge in [0.2, 0.25) is 6.29 Å². The van der Waals surface area contributed by atoms with Crippen LogP contribution in [0.4, 0.5) is 4.39 Å². The second kappa shape index (κ2) is 5.36. The summed E-state index contributed by atoms with van der Waals surface area (Å²) in [5.41, 5.74) is 0. The van der Waals surface area contributed by atoms with Crippen molar-refractivity contribution in [1.29, 1.82) is 0 Å². The predicted molar refractivity (Wildman–Crippen MR) is 71.2 cm³/mol. The van der Waals surface area contributed by atoms with Gasteiger partial charge in [0.15, 0.2) is 6.17 Å². The molecule has 0 spiro atoms. The first-order valence-corrected chi connectivity index (χ1v) is 6.42. The van der Waals surface area contributed by atoms with Crippen molar-refractivity contribution in [2.45, 2.75) is 24.7 Å². The van der Waals surface area contributed by atoms with Crippen molar-refractivity contribution in [1.82, 2.24) is 0 Å². The number of aliphatic hydroxyl groups excluding tert-OH is 2. The van der Waals surface area contributed by atoms with Crippen LogP contribution in [-0.2, 0) is 4.74 Å². The van der Waals surface area contributed by atoms with Gasteiger partial charge in [-0.1, -0.05) is 30.3 Å². The first-order valence-electron chi connectivity index (χ1n) is 6.42. The monoisotopic (exact) mass is 278 g/mol. The number of benzene rings is 2. The van der Waals surface area contributed by atoms with Gasteiger partial charge in [-0.2, -0.15) is 0 Å². The highest BCUT2D eigenvalue weighted by Gasteiger charge is 2.40. The summed E-state index contributed by atoms with van der Waals surface area (Å²) in [6.45, 7) is -0.198. The lowest BCUT2D eigenvalue weighted by atomic mass is 10.1. The highest BCUT2D eigenvalue weighted by atomic mass is 19.1. The van der Waals surface area contributed by atoms with E-state index in [4.69, 9.17) is 9.47 Å². The SMILES string of the molecule is O[C@H]1[C@H](Oc2ccc3ccccc3c2)OC[C@@H](O)[C@@H]1F. The van der Waals surface area contributed by atoms with E-state index in [2.05, 4.69) is 0 Å². The van der Waals surface area contributed by atoms with E-state index < -0.39 is 24.7 Å². The van der Waals surface area contributed by atoms with E-state index in [0.717, 1.165) is 10.8 Å². The van der Waals surface area contributed by atoms with Crippen LogP contribution < -0.4 is 4.74 Å². The quantitative estimate of drug-likeness (QED) is 0.876. The fraction of sp³-hybridized carbons (Fsp3) is 0.333. The Kier molecular flexibility index (Phi) is 3.56. The largest absolute Gasteiger partial charge is 0.462 e. The molecule has 1 saturated heterocycles. The Morgan fingerprint density at radius 2 is 1.85 bits per heavy atom. The molecule has 0 unspecified atom stereocenters. The third-order valence-corrected chi connectivity index (χ3v) is 3.38. The Labute approximate surface area is 115 Å². The van der Waals surface area contributed by atoms with Gasteiger partial charge in [-0.15, -0.1) is 0 Å². The summed E-state index contributed by atoms with van der Waals surface area (Å²) in [5, 5.41) is 21.0. The fourth-order valence-electron chi connectivity index (χ4n) is 2.24. The zero-order chi connectivity index (χ0) is 14.1. The van der Waals surface area contributed by atoms with E-state index in [0.29, 0.717) is 5.75 Å². The van der Waals surface area contributed by atoms with Gasteiger partial charge in [-0.25, -0.2) is 4.39 Å². The van der Waals surface area contributed by atoms with E-state index >= 15 is 0 Å². The van der Waals surface area contributed by atoms with Crippen LogP contribution in [0.1, 0.15) is 0 Å². The third kappa shape index (κ3) is 2.47. The molecule has 1 heterocycles. The molecule has 0 bridgehead atoms. The summed E-state index contributed by atoms with van der Waals surface area (Å²) in [5.74, 6) is 0.483. The Hall–Kier alpha value is -1.69. The lowest BCUT2D eigenvalue weighted by molar-refractivity contribution is -0.227. The van der Waals surface area contributed by atoms with Crippen LogP contribution in [0, 0.1) is 0 Å². The molecule has 2 aromatic rings. The van der Waals surface area contributed by atoms with Crippen LogP contribution in [0.3, 0.4) is 0 Å². The van der Waals surface area contributed by atoms with Crippen molar-refractivity contribution < 1.29 is 24.1 Å². The molecule has 1 aliphatic heterocycles. The van der Waals surface area contributed by atoms with Crippen LogP contribution in [0.25, 0.3) is 10.8 Å². The smallest absolute Gasteiger partial charge is 0.229 e. The third-order valence-electron chi connectivity index (χ3n) is 3.38. The van der Waals surface area contributed by atoms with Crippen LogP contribution in [-0.4, -0.2) is 41.5 Å². The topological polar surface area (TPSA) is 58.9 Å². The Morgan fingerprint density at radius 3 is 2.65 bits per heavy atom. The van der Waals surface area contributed by atoms with E-state index in [1.807, 2.05) is 30.3 Å². The summed E-state index contributed by atoms with van der Waals surface area (Å²) in [7, 11) is 0. The first-order chi connectivity index (χ1) is 9.65. The summed E-state index contributed by atoms with van der Waals surface area (Å²) in [6.07, 6.45) is -5.71. The zero-order valence-electron chi connectivity index (χ0n) is 10.6. The van der Waals surface area contributed by atoms with Crippen molar-refractivity contribution in [2.24, 2.45) is 0 Å². The number of alkyl halides is 1. The minimum Gasteiger partial charge on any atom is -0.462 e. The fourth-order valence-corrected chi connectivity index (χ4v) is 2.24. The summed E-state index contributed by atoms with van der Waals surface area (Å²) >= 11 is 0. The van der Waals surface area contributed by atoms with E-state index in [1.165, 1.54) is 0 Å². The van der Waals surface area contributed by atoms with Gasteiger partial charge in [0.05, 0.1) is 6.61 Å². The molecule has 4 nitrogen and oxygen atoms in total. The molecule has 5 heteroatoms. The second-order valence-corrected chi connectivity index (χ2v) is 4.83. The van der Waals surface area contributed by atoms with Gasteiger partial charge in [0, 0.05) is 0 Å². The number of ether oxygens (including phenoxy) is 2. The lowest BCUT2D eigenvalue weighted by Crippen LogP contribution is -2.52. The van der Waals surface area contributed by atoms with Gasteiger partial charge in [0.25, 0.3) is 0 Å². The Bertz CT molecular complexity index is 603. The maximum absolute atomic E-state index is 13.5. The minimum atomic E-state index is -1.77. The van der Waals surface area contributed by atoms with Crippen molar-refractivity contribution in [3.05, 3.63) is 42.5 Å². The van der Waals surface area contributed by atoms with Crippen molar-refractivity contribution in [2.75, 3.05) is 6.61 Å². The molecule has 1 fully saturated rings. The molecule has 0 saturated carbocycles. The molecule has 0 aromatic heterocycles. The van der Waals surface area contributed by atoms with Gasteiger partial charge in [0.1, 0.15) is 18.0 Å². The summed E-state index contributed by atoms with van der Waals surface area (Å²) in [4.78, 5) is 0. The molecule has 2 aromatic carbocycles. The van der Waals surface area contributed by atoms with Crippen LogP contribution in [0.15, 0.2) is 42.5 Å². The number of hydrogen-bond donors (Lipinski definition) is 2. The maximum atomic E-state index is 13.5. The molecule has 4 atom stereocenters. The first kappa shape index (κ1) is 13.3. The average Bonchev–Trinajstić information content (AvgIpc) is 2.48. The summed E-state index contributed by atoms with van der Waals surface area (Å²) < 4.78 is 24.1. The van der Waals surface area contributed by atoms with Gasteiger partial charge < -0.3 is 19.7 Å². The molecular formula is C15H15FO4. The molecule has 0 radical (unpaired) electrons. The molecule has 3 rings (SSSR count). The van der Waals surface area contributed by atoms with Gasteiger partial charge in [-0.3, -0.25) is 0 Å². The standard InChI is InChI=1S/C15H15FO4/c16-13-12(17)8-19-15(14(13)18)20-11-6-5-9-3-1-2-4-10(9)7-11/h1-7,12-15,17-18H,8H2/t12-,13+,14-,15+/m1/s1. The zero-order valence-corrected chi connectivity index (χ0v) is 10.6. The molecule has 1 aliphatic rings. The van der Waals surface area contributed by atoms with Crippen LogP contribution >= 0.6 is 0 Å². The molecule has 0 amide bonds. The number of rotatable bonds is 2. The summed E-state index contributed by atoms with van der Waals surface area (Å²) in [6, 6.07) is 13.2. The van der Waals surface area contributed by atoms with Crippen molar-refractivity contribution in [3.8, 4) is 5.75 Å². The highest BCUT2D eigenvalue weighted by Crippen LogP contribution is 2.25. The lowest BCUT2D eigenvalue weighted by Gasteiger charge is -2.33. The van der Waals surface area contributed by atoms with Crippen LogP contribution in [0.2, 0.25) is 0 Å². The van der Waals surface area contributed by atoms with E-state index in [9.17, 15) is 14.6 Å². The normalized spacial score (nSPS) is 30.4. The van der Waals surface area contributed by atoms with Gasteiger partial charge >= 0.3 is 0 Å². The molecule has 0 aliphatic carbocycles. The maximum Gasteiger partial charge on any atom is 0.229 e. The molecular weight excluding hydrogens is 263 g/mol. The van der Waals surface area contributed by atoms with Crippen molar-refractivity contribution >= 4 is 10.8 Å². The van der Waals surface area contributed by atoms with Gasteiger partial charge in [-0.05, 0) is 22.9 Å². The number of hydrogen-bond acceptors (Lipinski definition) is 4.